The van der Waals surface area contributed by atoms with Crippen LogP contribution in [-0.4, -0.2) is 22.3 Å². The molecule has 0 aliphatic rings. The highest BCUT2D eigenvalue weighted by molar-refractivity contribution is 7.98. The van der Waals surface area contributed by atoms with Crippen molar-refractivity contribution < 1.29 is 0 Å². The van der Waals surface area contributed by atoms with Gasteiger partial charge >= 0.3 is 0 Å². The van der Waals surface area contributed by atoms with Crippen molar-refractivity contribution in [2.45, 2.75) is 12.7 Å². The van der Waals surface area contributed by atoms with Gasteiger partial charge in [-0.05, 0) is 6.92 Å². The molecule has 0 saturated carbocycles. The van der Waals surface area contributed by atoms with E-state index in [0.29, 0.717) is 6.54 Å². The molecule has 0 bridgehead atoms. The summed E-state index contributed by atoms with van der Waals surface area (Å²) in [5.41, 5.74) is 6.71. The first-order valence-electron chi connectivity index (χ1n) is 5.50. The molecular weight excluding hydrogens is 252 g/mol. The molecule has 2 rings (SSSR count). The number of rotatable bonds is 6. The number of nitrogens with zero attached hydrogens (tertiary/aromatic N) is 1. The lowest BCUT2D eigenvalue weighted by molar-refractivity contribution is 1.17. The zero-order chi connectivity index (χ0) is 13.1. The van der Waals surface area contributed by atoms with Gasteiger partial charge in [0.15, 0.2) is 0 Å². The van der Waals surface area contributed by atoms with Gasteiger partial charge in [0.05, 0.1) is 12.0 Å². The Morgan fingerprint density at radius 3 is 2.83 bits per heavy atom. The van der Waals surface area contributed by atoms with Crippen molar-refractivity contribution in [1.29, 1.82) is 0 Å². The van der Waals surface area contributed by atoms with Gasteiger partial charge in [-0.1, -0.05) is 0 Å². The van der Waals surface area contributed by atoms with E-state index < -0.39 is 10.9 Å². The molecule has 0 fully saturated rings. The monoisotopic (exact) mass is 266 g/mol. The summed E-state index contributed by atoms with van der Waals surface area (Å²) in [4.78, 5) is 29.2. The Labute approximate surface area is 108 Å². The molecule has 96 valence electrons. The largest absolute Gasteiger partial charge is 0.394 e. The van der Waals surface area contributed by atoms with Crippen LogP contribution >= 0.6 is 11.8 Å². The van der Waals surface area contributed by atoms with Crippen LogP contribution in [0.25, 0.3) is 0 Å². The first-order valence-corrected chi connectivity index (χ1v) is 6.66. The van der Waals surface area contributed by atoms with E-state index in [1.54, 1.807) is 18.1 Å². The Morgan fingerprint density at radius 1 is 1.44 bits per heavy atom. The Balaban J connectivity index is 1.70. The van der Waals surface area contributed by atoms with Gasteiger partial charge in [-0.3, -0.25) is 9.59 Å². The predicted octanol–water partition coefficient (Wildman–Crippen LogP) is 0.242. The zero-order valence-electron chi connectivity index (χ0n) is 9.95. The van der Waals surface area contributed by atoms with Crippen molar-refractivity contribution in [3.8, 4) is 0 Å². The van der Waals surface area contributed by atoms with Crippen molar-refractivity contribution in [3.63, 3.8) is 0 Å². The number of nitrogens with one attached hydrogen (secondary N) is 2. The topological polar surface area (TPSA) is 101 Å². The van der Waals surface area contributed by atoms with E-state index in [0.717, 1.165) is 22.9 Å². The Hall–Kier alpha value is -1.76. The summed E-state index contributed by atoms with van der Waals surface area (Å²) in [5, 5.41) is 2.88. The van der Waals surface area contributed by atoms with Gasteiger partial charge in [-0.25, -0.2) is 4.98 Å². The van der Waals surface area contributed by atoms with Crippen molar-refractivity contribution in [2.24, 2.45) is 0 Å². The number of nitrogens with two attached hydrogens (primary N) is 1. The number of hydrogen-bond donors (Lipinski definition) is 3. The third-order valence-electron chi connectivity index (χ3n) is 2.67. The van der Waals surface area contributed by atoms with Gasteiger partial charge in [-0.15, -0.1) is 0 Å². The normalized spacial score (nSPS) is 10.9. The molecule has 7 heteroatoms. The number of aryl methyl sites for hydroxylation is 1. The first-order chi connectivity index (χ1) is 8.61. The van der Waals surface area contributed by atoms with E-state index >= 15 is 0 Å². The maximum absolute atomic E-state index is 11.1. The second kappa shape index (κ2) is 5.26. The fraction of sp³-hybridized carbons (Fsp3) is 0.364. The fourth-order valence-corrected chi connectivity index (χ4v) is 2.41. The van der Waals surface area contributed by atoms with Crippen molar-refractivity contribution >= 4 is 23.1 Å². The Morgan fingerprint density at radius 2 is 2.22 bits per heavy atom. The molecule has 0 spiro atoms. The summed E-state index contributed by atoms with van der Waals surface area (Å²) < 4.78 is 0. The minimum atomic E-state index is -0.586. The highest BCUT2D eigenvalue weighted by Crippen LogP contribution is 2.13. The molecule has 0 amide bonds. The molecule has 18 heavy (non-hydrogen) atoms. The van der Waals surface area contributed by atoms with Crippen LogP contribution in [-0.2, 0) is 5.75 Å². The molecule has 2 aromatic rings. The summed E-state index contributed by atoms with van der Waals surface area (Å²) in [6.07, 6.45) is 1.67. The van der Waals surface area contributed by atoms with Crippen LogP contribution in [0.3, 0.4) is 0 Å². The van der Waals surface area contributed by atoms with E-state index in [9.17, 15) is 9.59 Å². The van der Waals surface area contributed by atoms with Crippen LogP contribution in [0, 0.1) is 6.92 Å². The number of thioether (sulfide) groups is 1. The SMILES string of the molecule is Cc1[nH]cnc1CSCCNc1c(N)c(=O)c1=O. The number of nitrogen functional groups attached to an aromatic ring is 1. The molecule has 1 heterocycles. The van der Waals surface area contributed by atoms with E-state index in [-0.39, 0.29) is 11.4 Å². The van der Waals surface area contributed by atoms with Crippen LogP contribution < -0.4 is 21.9 Å². The molecule has 0 atom stereocenters. The number of aromatic amines is 1. The van der Waals surface area contributed by atoms with E-state index in [1.807, 2.05) is 6.92 Å². The van der Waals surface area contributed by atoms with Crippen LogP contribution in [0.5, 0.6) is 0 Å². The number of aromatic nitrogens is 2. The summed E-state index contributed by atoms with van der Waals surface area (Å²) >= 11 is 1.70. The summed E-state index contributed by atoms with van der Waals surface area (Å²) in [6.45, 7) is 2.58. The highest BCUT2D eigenvalue weighted by atomic mass is 32.2. The maximum Gasteiger partial charge on any atom is 0.253 e. The van der Waals surface area contributed by atoms with E-state index in [1.165, 1.54) is 0 Å². The minimum absolute atomic E-state index is 0.0492. The van der Waals surface area contributed by atoms with Crippen molar-refractivity contribution in [1.82, 2.24) is 9.97 Å². The second-order valence-electron chi connectivity index (χ2n) is 3.90. The van der Waals surface area contributed by atoms with Crippen LogP contribution in [0.15, 0.2) is 15.9 Å². The zero-order valence-corrected chi connectivity index (χ0v) is 10.8. The first kappa shape index (κ1) is 12.7. The quantitative estimate of drug-likeness (QED) is 0.511. The molecule has 1 aromatic carbocycles. The van der Waals surface area contributed by atoms with Crippen molar-refractivity contribution in [2.75, 3.05) is 23.3 Å². The summed E-state index contributed by atoms with van der Waals surface area (Å²) in [7, 11) is 0. The molecule has 6 nitrogen and oxygen atoms in total. The summed E-state index contributed by atoms with van der Waals surface area (Å²) in [5.74, 6) is 1.63. The molecule has 0 aliphatic carbocycles. The van der Waals surface area contributed by atoms with Gasteiger partial charge < -0.3 is 16.0 Å². The van der Waals surface area contributed by atoms with E-state index in [4.69, 9.17) is 5.73 Å². The average Bonchev–Trinajstić information content (AvgIpc) is 2.78. The lowest BCUT2D eigenvalue weighted by Gasteiger charge is -2.09. The molecule has 0 saturated heterocycles. The predicted molar refractivity (Wildman–Crippen MR) is 73.7 cm³/mol. The van der Waals surface area contributed by atoms with Gasteiger partial charge in [0.25, 0.3) is 10.9 Å². The lowest BCUT2D eigenvalue weighted by atomic mass is 10.2. The molecule has 4 N–H and O–H groups in total. The second-order valence-corrected chi connectivity index (χ2v) is 5.01. The number of hydrogen-bond acceptors (Lipinski definition) is 6. The van der Waals surface area contributed by atoms with Crippen molar-refractivity contribution in [3.05, 3.63) is 38.2 Å². The number of imidazole rings is 1. The molecule has 0 aliphatic heterocycles. The minimum Gasteiger partial charge on any atom is -0.394 e. The van der Waals surface area contributed by atoms with Crippen LogP contribution in [0.2, 0.25) is 0 Å². The standard InChI is InChI=1S/C11H14N4O2S/c1-6-7(15-5-14-6)4-18-3-2-13-9-8(12)10(16)11(9)17/h5,13H,2-4,12H2,1H3,(H,14,15). The number of anilines is 2. The average molecular weight is 266 g/mol. The highest BCUT2D eigenvalue weighted by Gasteiger charge is 2.16. The maximum atomic E-state index is 11.1. The van der Waals surface area contributed by atoms with Crippen LogP contribution in [0.1, 0.15) is 11.4 Å². The van der Waals surface area contributed by atoms with Crippen LogP contribution in [0.4, 0.5) is 11.4 Å². The lowest BCUT2D eigenvalue weighted by Crippen LogP contribution is -2.37. The molecular formula is C11H14N4O2S. The molecule has 1 aromatic heterocycles. The fourth-order valence-electron chi connectivity index (χ4n) is 1.53. The van der Waals surface area contributed by atoms with Gasteiger partial charge in [-0.2, -0.15) is 11.8 Å². The third-order valence-corrected chi connectivity index (χ3v) is 3.64. The smallest absolute Gasteiger partial charge is 0.253 e. The van der Waals surface area contributed by atoms with E-state index in [2.05, 4.69) is 15.3 Å². The van der Waals surface area contributed by atoms with Gasteiger partial charge in [0.1, 0.15) is 11.4 Å². The van der Waals surface area contributed by atoms with Gasteiger partial charge in [0, 0.05) is 23.7 Å². The Bertz CT molecular complexity index is 613. The number of H-pyrrole nitrogens is 1. The Kier molecular flexibility index (Phi) is 3.71. The van der Waals surface area contributed by atoms with Gasteiger partial charge in [0.2, 0.25) is 0 Å². The summed E-state index contributed by atoms with van der Waals surface area (Å²) in [6, 6.07) is 0. The third kappa shape index (κ3) is 2.40. The molecule has 0 unspecified atom stereocenters. The molecule has 0 radical (unpaired) electrons.